The normalized spacial score (nSPS) is 10.8. The summed E-state index contributed by atoms with van der Waals surface area (Å²) in [7, 11) is 0. The van der Waals surface area contributed by atoms with Crippen molar-refractivity contribution in [3.63, 3.8) is 0 Å². The van der Waals surface area contributed by atoms with Crippen LogP contribution in [-0.4, -0.2) is 23.3 Å². The third-order valence-corrected chi connectivity index (χ3v) is 5.12. The van der Waals surface area contributed by atoms with Gasteiger partial charge in [-0.25, -0.2) is 9.37 Å². The maximum Gasteiger partial charge on any atom is 0.270 e. The molecule has 3 aromatic rings. The number of thiazole rings is 1. The number of carbonyl (C=O) groups excluding carboxylic acids is 2. The van der Waals surface area contributed by atoms with Gasteiger partial charge in [-0.05, 0) is 23.6 Å². The number of benzene rings is 2. The fourth-order valence-electron chi connectivity index (χ4n) is 2.71. The number of carbonyl (C=O) groups is 2. The van der Waals surface area contributed by atoms with Crippen molar-refractivity contribution in [3.05, 3.63) is 93.7 Å². The van der Waals surface area contributed by atoms with E-state index in [2.05, 4.69) is 15.6 Å². The summed E-state index contributed by atoms with van der Waals surface area (Å²) in [5.74, 6) is -0.712. The van der Waals surface area contributed by atoms with Crippen LogP contribution < -0.4 is 10.6 Å². The van der Waals surface area contributed by atoms with Crippen molar-refractivity contribution >= 4 is 29.2 Å². The zero-order valence-electron chi connectivity index (χ0n) is 16.3. The summed E-state index contributed by atoms with van der Waals surface area (Å²) < 4.78 is 13.6. The fourth-order valence-corrected chi connectivity index (χ4v) is 3.43. The monoisotopic (exact) mass is 423 g/mol. The van der Waals surface area contributed by atoms with Crippen LogP contribution in [0.15, 0.2) is 66.1 Å². The summed E-state index contributed by atoms with van der Waals surface area (Å²) in [5.41, 5.74) is 1.89. The Hall–Kier alpha value is -3.32. The van der Waals surface area contributed by atoms with Gasteiger partial charge in [0.15, 0.2) is 0 Å². The highest BCUT2D eigenvalue weighted by Gasteiger charge is 2.11. The van der Waals surface area contributed by atoms with Gasteiger partial charge in [-0.1, -0.05) is 60.7 Å². The summed E-state index contributed by atoms with van der Waals surface area (Å²) in [4.78, 5) is 28.4. The molecule has 0 atom stereocenters. The molecule has 2 N–H and O–H groups in total. The molecule has 0 bridgehead atoms. The largest absolute Gasteiger partial charge is 0.350 e. The van der Waals surface area contributed by atoms with Gasteiger partial charge in [0.05, 0.1) is 6.54 Å². The fraction of sp³-hybridized carbons (Fsp3) is 0.174. The van der Waals surface area contributed by atoms with Gasteiger partial charge in [0.25, 0.3) is 5.91 Å². The van der Waals surface area contributed by atoms with E-state index in [1.165, 1.54) is 17.4 Å². The molecule has 1 heterocycles. The van der Waals surface area contributed by atoms with E-state index in [1.54, 1.807) is 29.7 Å². The Kier molecular flexibility index (Phi) is 7.86. The van der Waals surface area contributed by atoms with Gasteiger partial charge in [-0.15, -0.1) is 11.3 Å². The lowest BCUT2D eigenvalue weighted by molar-refractivity contribution is -0.120. The van der Waals surface area contributed by atoms with Crippen molar-refractivity contribution in [2.24, 2.45) is 0 Å². The Morgan fingerprint density at radius 3 is 2.60 bits per heavy atom. The van der Waals surface area contributed by atoms with Gasteiger partial charge < -0.3 is 10.6 Å². The Balaban J connectivity index is 1.39. The molecule has 3 rings (SSSR count). The van der Waals surface area contributed by atoms with Gasteiger partial charge in [-0.2, -0.15) is 0 Å². The predicted octanol–water partition coefficient (Wildman–Crippen LogP) is 3.97. The zero-order chi connectivity index (χ0) is 21.2. The average Bonchev–Trinajstić information content (AvgIpc) is 3.24. The first-order valence-corrected chi connectivity index (χ1v) is 10.4. The number of aromatic nitrogens is 1. The van der Waals surface area contributed by atoms with Crippen molar-refractivity contribution in [1.29, 1.82) is 0 Å². The molecule has 0 aliphatic carbocycles. The first-order chi connectivity index (χ1) is 14.6. The van der Waals surface area contributed by atoms with Crippen molar-refractivity contribution < 1.29 is 14.0 Å². The van der Waals surface area contributed by atoms with Crippen LogP contribution in [0, 0.1) is 5.82 Å². The maximum atomic E-state index is 13.6. The van der Waals surface area contributed by atoms with E-state index in [1.807, 2.05) is 36.4 Å². The molecule has 2 aromatic carbocycles. The molecule has 0 saturated carbocycles. The highest BCUT2D eigenvalue weighted by Crippen LogP contribution is 2.10. The molecule has 2 amide bonds. The lowest BCUT2D eigenvalue weighted by Crippen LogP contribution is -2.26. The number of nitrogens with one attached hydrogen (secondary N) is 2. The first-order valence-electron chi connectivity index (χ1n) is 9.56. The van der Waals surface area contributed by atoms with Crippen molar-refractivity contribution in [2.75, 3.05) is 6.54 Å². The molecule has 0 radical (unpaired) electrons. The summed E-state index contributed by atoms with van der Waals surface area (Å²) >= 11 is 1.31. The molecule has 0 aliphatic rings. The van der Waals surface area contributed by atoms with Gasteiger partial charge in [0.2, 0.25) is 5.91 Å². The summed E-state index contributed by atoms with van der Waals surface area (Å²) in [6.07, 6.45) is 4.37. The van der Waals surface area contributed by atoms with E-state index in [0.717, 1.165) is 5.56 Å². The molecule has 7 heteroatoms. The predicted molar refractivity (Wildman–Crippen MR) is 116 cm³/mol. The van der Waals surface area contributed by atoms with Crippen LogP contribution in [0.3, 0.4) is 0 Å². The third kappa shape index (κ3) is 6.63. The average molecular weight is 424 g/mol. The molecular formula is C23H22FN3O2S. The van der Waals surface area contributed by atoms with Crippen LogP contribution in [0.1, 0.15) is 33.0 Å². The minimum atomic E-state index is -0.314. The topological polar surface area (TPSA) is 71.1 Å². The van der Waals surface area contributed by atoms with E-state index in [0.29, 0.717) is 29.2 Å². The molecule has 30 heavy (non-hydrogen) atoms. The second kappa shape index (κ2) is 11.0. The Labute approximate surface area is 178 Å². The van der Waals surface area contributed by atoms with Gasteiger partial charge in [0.1, 0.15) is 16.5 Å². The summed E-state index contributed by atoms with van der Waals surface area (Å²) in [6, 6.07) is 16.2. The van der Waals surface area contributed by atoms with E-state index in [9.17, 15) is 14.0 Å². The highest BCUT2D eigenvalue weighted by atomic mass is 32.1. The molecule has 0 unspecified atom stereocenters. The number of amides is 2. The van der Waals surface area contributed by atoms with Crippen LogP contribution in [-0.2, 0) is 17.8 Å². The Morgan fingerprint density at radius 2 is 1.80 bits per heavy atom. The Bertz CT molecular complexity index is 1020. The summed E-state index contributed by atoms with van der Waals surface area (Å²) in [5, 5.41) is 7.83. The second-order valence-corrected chi connectivity index (χ2v) is 7.46. The lowest BCUT2D eigenvalue weighted by Gasteiger charge is -2.04. The minimum Gasteiger partial charge on any atom is -0.350 e. The lowest BCUT2D eigenvalue weighted by atomic mass is 10.1. The molecule has 5 nitrogen and oxygen atoms in total. The van der Waals surface area contributed by atoms with Crippen LogP contribution in [0.5, 0.6) is 0 Å². The van der Waals surface area contributed by atoms with E-state index >= 15 is 0 Å². The molecule has 154 valence electrons. The van der Waals surface area contributed by atoms with E-state index in [4.69, 9.17) is 0 Å². The quantitative estimate of drug-likeness (QED) is 0.547. The summed E-state index contributed by atoms with van der Waals surface area (Å²) in [6.45, 7) is 0.586. The number of halogens is 1. The third-order valence-electron chi connectivity index (χ3n) is 4.27. The number of hydrogen-bond donors (Lipinski definition) is 2. The number of nitrogens with zero attached hydrogens (tertiary/aromatic N) is 1. The van der Waals surface area contributed by atoms with Crippen LogP contribution >= 0.6 is 11.3 Å². The highest BCUT2D eigenvalue weighted by molar-refractivity contribution is 7.09. The van der Waals surface area contributed by atoms with Gasteiger partial charge in [0, 0.05) is 18.3 Å². The molecule has 0 spiro atoms. The Morgan fingerprint density at radius 1 is 1.03 bits per heavy atom. The maximum absolute atomic E-state index is 13.6. The van der Waals surface area contributed by atoms with Gasteiger partial charge >= 0.3 is 0 Å². The first kappa shape index (κ1) is 21.4. The molecule has 0 aliphatic heterocycles. The van der Waals surface area contributed by atoms with Crippen LogP contribution in [0.25, 0.3) is 6.08 Å². The van der Waals surface area contributed by atoms with Gasteiger partial charge in [-0.3, -0.25) is 9.59 Å². The smallest absolute Gasteiger partial charge is 0.270 e. The number of hydrogen-bond acceptors (Lipinski definition) is 4. The van der Waals surface area contributed by atoms with Crippen molar-refractivity contribution in [3.8, 4) is 0 Å². The van der Waals surface area contributed by atoms with E-state index in [-0.39, 0.29) is 30.6 Å². The second-order valence-electron chi connectivity index (χ2n) is 6.52. The van der Waals surface area contributed by atoms with Crippen LogP contribution in [0.2, 0.25) is 0 Å². The molecule has 0 saturated heterocycles. The molecular weight excluding hydrogens is 401 g/mol. The molecule has 1 aromatic heterocycles. The van der Waals surface area contributed by atoms with Crippen molar-refractivity contribution in [2.45, 2.75) is 19.4 Å². The number of rotatable bonds is 9. The standard InChI is InChI=1S/C23H22FN3O2S/c24-19-11-5-4-10-18(19)13-14-25-23(29)20-16-30-22(27-20)15-26-21(28)12-6-9-17-7-2-1-3-8-17/h1-11,16H,12-15H2,(H,25,29)(H,26,28). The van der Waals surface area contributed by atoms with Crippen LogP contribution in [0.4, 0.5) is 4.39 Å². The molecule has 0 fully saturated rings. The minimum absolute atomic E-state index is 0.117. The van der Waals surface area contributed by atoms with Crippen molar-refractivity contribution in [1.82, 2.24) is 15.6 Å². The zero-order valence-corrected chi connectivity index (χ0v) is 17.1. The van der Waals surface area contributed by atoms with E-state index < -0.39 is 0 Å². The SMILES string of the molecule is O=C(CC=Cc1ccccc1)NCc1nc(C(=O)NCCc2ccccc2F)cs1.